The van der Waals surface area contributed by atoms with E-state index in [0.717, 1.165) is 0 Å². The van der Waals surface area contributed by atoms with E-state index in [9.17, 15) is 19.5 Å². The Morgan fingerprint density at radius 1 is 0.973 bits per heavy atom. The maximum absolute atomic E-state index is 13.4. The zero-order chi connectivity index (χ0) is 26.1. The van der Waals surface area contributed by atoms with E-state index >= 15 is 0 Å². The number of carboxylic acid groups (broad SMARTS) is 1. The first-order chi connectivity index (χ1) is 17.9. The number of ether oxygens (including phenoxy) is 3. The van der Waals surface area contributed by atoms with Crippen LogP contribution in [0.5, 0.6) is 17.2 Å². The predicted octanol–water partition coefficient (Wildman–Crippen LogP) is 3.72. The lowest BCUT2D eigenvalue weighted by Crippen LogP contribution is -2.29. The third-order valence-electron chi connectivity index (χ3n) is 6.24. The Labute approximate surface area is 212 Å². The molecule has 2 aliphatic heterocycles. The number of nitrogens with zero attached hydrogens (tertiary/aromatic N) is 1. The summed E-state index contributed by atoms with van der Waals surface area (Å²) in [7, 11) is 1.51. The molecule has 1 unspecified atom stereocenters. The van der Waals surface area contributed by atoms with Crippen LogP contribution in [0.4, 0.5) is 5.69 Å². The summed E-state index contributed by atoms with van der Waals surface area (Å²) in [5.41, 5.74) is 1.68. The molecule has 0 radical (unpaired) electrons. The highest BCUT2D eigenvalue weighted by Gasteiger charge is 2.47. The number of aliphatic hydroxyl groups is 1. The number of carbonyl (C=O) groups is 3. The largest absolute Gasteiger partial charge is 0.507 e. The molecule has 0 saturated carbocycles. The Bertz CT molecular complexity index is 1430. The zero-order valence-corrected chi connectivity index (χ0v) is 19.8. The molecular weight excluding hydrogens is 478 g/mol. The van der Waals surface area contributed by atoms with Gasteiger partial charge in [0.15, 0.2) is 11.5 Å². The molecule has 1 saturated heterocycles. The molecule has 0 aromatic heterocycles. The zero-order valence-electron chi connectivity index (χ0n) is 19.8. The van der Waals surface area contributed by atoms with Gasteiger partial charge in [0.05, 0.1) is 25.1 Å². The quantitative estimate of drug-likeness (QED) is 0.298. The topological polar surface area (TPSA) is 123 Å². The Hall–Kier alpha value is -4.79. The SMILES string of the molecule is COc1cccc(C2/C(=C(/O)c3ccc4c(c3)OCCO4)C(=O)C(=O)N2c2ccc(CC(=O)O)cc2)c1. The first-order valence-electron chi connectivity index (χ1n) is 11.5. The van der Waals surface area contributed by atoms with Gasteiger partial charge in [-0.15, -0.1) is 0 Å². The summed E-state index contributed by atoms with van der Waals surface area (Å²) >= 11 is 0. The van der Waals surface area contributed by atoms with Gasteiger partial charge in [0.25, 0.3) is 11.7 Å². The number of hydrogen-bond acceptors (Lipinski definition) is 7. The van der Waals surface area contributed by atoms with Crippen molar-refractivity contribution in [2.24, 2.45) is 0 Å². The highest BCUT2D eigenvalue weighted by molar-refractivity contribution is 6.51. The second-order valence-electron chi connectivity index (χ2n) is 8.54. The van der Waals surface area contributed by atoms with E-state index < -0.39 is 23.7 Å². The Morgan fingerprint density at radius 2 is 1.70 bits per heavy atom. The molecule has 1 amide bonds. The molecule has 3 aromatic carbocycles. The van der Waals surface area contributed by atoms with Crippen LogP contribution in [-0.4, -0.2) is 48.2 Å². The monoisotopic (exact) mass is 501 g/mol. The molecule has 2 heterocycles. The van der Waals surface area contributed by atoms with E-state index in [0.29, 0.717) is 52.8 Å². The summed E-state index contributed by atoms with van der Waals surface area (Å²) in [6.07, 6.45) is -0.178. The van der Waals surface area contributed by atoms with Crippen molar-refractivity contribution in [3.05, 3.63) is 89.0 Å². The first kappa shape index (κ1) is 23.9. The minimum Gasteiger partial charge on any atom is -0.507 e. The van der Waals surface area contributed by atoms with Crippen molar-refractivity contribution >= 4 is 29.1 Å². The maximum Gasteiger partial charge on any atom is 0.307 e. The van der Waals surface area contributed by atoms with E-state index in [1.807, 2.05) is 0 Å². The second kappa shape index (κ2) is 9.69. The number of fused-ring (bicyclic) bond motifs is 1. The predicted molar refractivity (Wildman–Crippen MR) is 133 cm³/mol. The number of aliphatic carboxylic acids is 1. The number of benzene rings is 3. The van der Waals surface area contributed by atoms with Crippen LogP contribution in [0.1, 0.15) is 22.7 Å². The molecule has 5 rings (SSSR count). The third-order valence-corrected chi connectivity index (χ3v) is 6.24. The summed E-state index contributed by atoms with van der Waals surface area (Å²) in [6.45, 7) is 0.758. The van der Waals surface area contributed by atoms with E-state index in [-0.39, 0.29) is 17.8 Å². The third kappa shape index (κ3) is 4.47. The fourth-order valence-electron chi connectivity index (χ4n) is 4.52. The molecule has 2 N–H and O–H groups in total. The molecule has 0 aliphatic carbocycles. The number of carboxylic acids is 1. The van der Waals surface area contributed by atoms with Gasteiger partial charge in [-0.25, -0.2) is 0 Å². The summed E-state index contributed by atoms with van der Waals surface area (Å²) in [5.74, 6) is -1.55. The first-order valence-corrected chi connectivity index (χ1v) is 11.5. The van der Waals surface area contributed by atoms with Crippen molar-refractivity contribution in [3.63, 3.8) is 0 Å². The van der Waals surface area contributed by atoms with Crippen molar-refractivity contribution in [3.8, 4) is 17.2 Å². The van der Waals surface area contributed by atoms with Crippen molar-refractivity contribution < 1.29 is 38.8 Å². The van der Waals surface area contributed by atoms with Gasteiger partial charge < -0.3 is 24.4 Å². The van der Waals surface area contributed by atoms with Gasteiger partial charge in [-0.2, -0.15) is 0 Å². The molecule has 2 aliphatic rings. The lowest BCUT2D eigenvalue weighted by atomic mass is 9.94. The van der Waals surface area contributed by atoms with Crippen LogP contribution in [-0.2, 0) is 20.8 Å². The van der Waals surface area contributed by atoms with Gasteiger partial charge in [-0.1, -0.05) is 24.3 Å². The smallest absolute Gasteiger partial charge is 0.307 e. The van der Waals surface area contributed by atoms with Crippen LogP contribution >= 0.6 is 0 Å². The molecule has 0 spiro atoms. The summed E-state index contributed by atoms with van der Waals surface area (Å²) in [4.78, 5) is 39.1. The highest BCUT2D eigenvalue weighted by Crippen LogP contribution is 2.43. The minimum atomic E-state index is -0.982. The minimum absolute atomic E-state index is 0.0930. The van der Waals surface area contributed by atoms with Crippen molar-refractivity contribution in [2.75, 3.05) is 25.2 Å². The lowest BCUT2D eigenvalue weighted by Gasteiger charge is -2.26. The van der Waals surface area contributed by atoms with Crippen LogP contribution in [0, 0.1) is 0 Å². The van der Waals surface area contributed by atoms with Crippen molar-refractivity contribution in [2.45, 2.75) is 12.5 Å². The van der Waals surface area contributed by atoms with Gasteiger partial charge >= 0.3 is 5.97 Å². The highest BCUT2D eigenvalue weighted by atomic mass is 16.6. The number of hydrogen-bond donors (Lipinski definition) is 2. The van der Waals surface area contributed by atoms with Gasteiger partial charge in [0.2, 0.25) is 0 Å². The van der Waals surface area contributed by atoms with Gasteiger partial charge in [-0.3, -0.25) is 19.3 Å². The molecule has 1 atom stereocenters. The van der Waals surface area contributed by atoms with E-state index in [4.69, 9.17) is 19.3 Å². The molecule has 9 heteroatoms. The van der Waals surface area contributed by atoms with Gasteiger partial charge in [0.1, 0.15) is 24.7 Å². The number of rotatable bonds is 6. The maximum atomic E-state index is 13.4. The van der Waals surface area contributed by atoms with Crippen LogP contribution in [0.25, 0.3) is 5.76 Å². The number of aliphatic hydroxyl groups excluding tert-OH is 1. The fourth-order valence-corrected chi connectivity index (χ4v) is 4.52. The average Bonchev–Trinajstić information content (AvgIpc) is 3.18. The number of anilines is 1. The Morgan fingerprint density at radius 3 is 2.41 bits per heavy atom. The second-order valence-corrected chi connectivity index (χ2v) is 8.54. The van der Waals surface area contributed by atoms with E-state index in [1.165, 1.54) is 12.0 Å². The van der Waals surface area contributed by atoms with Gasteiger partial charge in [0, 0.05) is 11.3 Å². The number of methoxy groups -OCH3 is 1. The summed E-state index contributed by atoms with van der Waals surface area (Å²) in [6, 6.07) is 17.1. The molecule has 1 fully saturated rings. The average molecular weight is 501 g/mol. The lowest BCUT2D eigenvalue weighted by molar-refractivity contribution is -0.136. The van der Waals surface area contributed by atoms with Crippen LogP contribution < -0.4 is 19.1 Å². The number of Topliss-reactive ketones (excluding diaryl/α,β-unsaturated/α-hetero) is 1. The number of amides is 1. The number of ketones is 1. The summed E-state index contributed by atoms with van der Waals surface area (Å²) in [5, 5.41) is 20.4. The van der Waals surface area contributed by atoms with Crippen molar-refractivity contribution in [1.29, 1.82) is 0 Å². The van der Waals surface area contributed by atoms with Crippen LogP contribution in [0.3, 0.4) is 0 Å². The molecule has 0 bridgehead atoms. The molecule has 188 valence electrons. The molecular formula is C28H23NO8. The molecule has 3 aromatic rings. The summed E-state index contributed by atoms with van der Waals surface area (Å²) < 4.78 is 16.5. The van der Waals surface area contributed by atoms with Crippen LogP contribution in [0.15, 0.2) is 72.3 Å². The number of carbonyl (C=O) groups excluding carboxylic acids is 2. The van der Waals surface area contributed by atoms with E-state index in [1.54, 1.807) is 66.7 Å². The normalized spacial score (nSPS) is 18.1. The fraction of sp³-hybridized carbons (Fsp3) is 0.179. The Kier molecular flexibility index (Phi) is 6.27. The molecule has 37 heavy (non-hydrogen) atoms. The Balaban J connectivity index is 1.65. The van der Waals surface area contributed by atoms with Crippen LogP contribution in [0.2, 0.25) is 0 Å². The standard InChI is InChI=1S/C28H23NO8/c1-35-20-4-2-3-17(14-20)25-24(26(32)18-7-10-21-22(15-18)37-12-11-36-21)27(33)28(34)29(25)19-8-5-16(6-9-19)13-23(30)31/h2-10,14-15,25,32H,11-13H2,1H3,(H,30,31)/b26-24-. The molecule has 9 nitrogen and oxygen atoms in total. The van der Waals surface area contributed by atoms with E-state index in [2.05, 4.69) is 0 Å². The van der Waals surface area contributed by atoms with Gasteiger partial charge in [-0.05, 0) is 53.6 Å². The van der Waals surface area contributed by atoms with Crippen molar-refractivity contribution in [1.82, 2.24) is 0 Å².